The number of nitrogens with one attached hydrogen (secondary N) is 1. The minimum Gasteiger partial charge on any atom is -0.378 e. The van der Waals surface area contributed by atoms with Gasteiger partial charge >= 0.3 is 0 Å². The Morgan fingerprint density at radius 2 is 1.67 bits per heavy atom. The van der Waals surface area contributed by atoms with Crippen molar-refractivity contribution in [2.24, 2.45) is 7.05 Å². The van der Waals surface area contributed by atoms with Crippen molar-refractivity contribution in [3.8, 4) is 11.4 Å². The molecule has 0 aliphatic carbocycles. The normalized spacial score (nSPS) is 10.8. The van der Waals surface area contributed by atoms with Crippen molar-refractivity contribution in [3.05, 3.63) is 53.6 Å². The molecule has 6 nitrogen and oxygen atoms in total. The molecular weight excluding hydrogens is 394 g/mol. The predicted molar refractivity (Wildman–Crippen MR) is 125 cm³/mol. The zero-order valence-corrected chi connectivity index (χ0v) is 19.1. The number of amides is 1. The highest BCUT2D eigenvalue weighted by Crippen LogP contribution is 2.26. The van der Waals surface area contributed by atoms with Gasteiger partial charge in [0.15, 0.2) is 11.0 Å². The quantitative estimate of drug-likeness (QED) is 0.544. The van der Waals surface area contributed by atoms with Crippen molar-refractivity contribution in [3.63, 3.8) is 0 Å². The van der Waals surface area contributed by atoms with Gasteiger partial charge in [0.25, 0.3) is 0 Å². The molecule has 1 amide bonds. The number of nitrogens with zero attached hydrogens (tertiary/aromatic N) is 4. The van der Waals surface area contributed by atoms with E-state index in [0.29, 0.717) is 0 Å². The summed E-state index contributed by atoms with van der Waals surface area (Å²) in [6.07, 6.45) is 1.77. The first-order chi connectivity index (χ1) is 14.4. The lowest BCUT2D eigenvalue weighted by Gasteiger charge is -2.14. The molecule has 158 valence electrons. The first-order valence-corrected chi connectivity index (χ1v) is 11.1. The van der Waals surface area contributed by atoms with Crippen molar-refractivity contribution in [1.29, 1.82) is 0 Å². The fourth-order valence-electron chi connectivity index (χ4n) is 3.31. The van der Waals surface area contributed by atoms with Gasteiger partial charge in [0.2, 0.25) is 5.91 Å². The number of thioether (sulfide) groups is 1. The Hall–Kier alpha value is -2.80. The second-order valence-electron chi connectivity index (χ2n) is 7.30. The van der Waals surface area contributed by atoms with Crippen LogP contribution in [0.4, 0.5) is 11.4 Å². The van der Waals surface area contributed by atoms with E-state index in [1.165, 1.54) is 11.8 Å². The predicted octanol–water partition coefficient (Wildman–Crippen LogP) is 4.40. The Kier molecular flexibility index (Phi) is 7.15. The van der Waals surface area contributed by atoms with Gasteiger partial charge in [-0.3, -0.25) is 4.79 Å². The molecule has 0 aliphatic rings. The number of anilines is 2. The van der Waals surface area contributed by atoms with E-state index < -0.39 is 0 Å². The van der Waals surface area contributed by atoms with Gasteiger partial charge in [0.05, 0.1) is 5.75 Å². The highest BCUT2D eigenvalue weighted by atomic mass is 32.2. The molecule has 3 aromatic rings. The van der Waals surface area contributed by atoms with Gasteiger partial charge in [0.1, 0.15) is 0 Å². The molecule has 2 aromatic carbocycles. The number of aromatic nitrogens is 3. The summed E-state index contributed by atoms with van der Waals surface area (Å²) in [6.45, 7) is 4.21. The molecule has 0 fully saturated rings. The SMILES string of the molecule is CCc1cccc(CC)c1NC(=O)CSc1nnc(-c2ccc(N(C)C)cc2)n1C. The van der Waals surface area contributed by atoms with Gasteiger partial charge in [-0.2, -0.15) is 0 Å². The first kappa shape index (κ1) is 21.9. The van der Waals surface area contributed by atoms with E-state index in [2.05, 4.69) is 58.5 Å². The molecule has 3 rings (SSSR count). The van der Waals surface area contributed by atoms with Gasteiger partial charge < -0.3 is 14.8 Å². The number of benzene rings is 2. The van der Waals surface area contributed by atoms with Gasteiger partial charge in [0, 0.05) is 38.1 Å². The van der Waals surface area contributed by atoms with Crippen LogP contribution in [0.15, 0.2) is 47.6 Å². The van der Waals surface area contributed by atoms with E-state index in [9.17, 15) is 4.79 Å². The molecule has 0 unspecified atom stereocenters. The van der Waals surface area contributed by atoms with E-state index in [-0.39, 0.29) is 11.7 Å². The zero-order valence-electron chi connectivity index (χ0n) is 18.3. The maximum atomic E-state index is 12.6. The third-order valence-electron chi connectivity index (χ3n) is 5.07. The minimum absolute atomic E-state index is 0.0320. The van der Waals surface area contributed by atoms with Gasteiger partial charge in [-0.1, -0.05) is 43.8 Å². The number of hydrogen-bond donors (Lipinski definition) is 1. The molecule has 0 saturated heterocycles. The summed E-state index contributed by atoms with van der Waals surface area (Å²) in [6, 6.07) is 14.4. The molecule has 7 heteroatoms. The largest absolute Gasteiger partial charge is 0.378 e. The van der Waals surface area contributed by atoms with E-state index in [0.717, 1.165) is 51.9 Å². The average Bonchev–Trinajstić information content (AvgIpc) is 3.12. The highest BCUT2D eigenvalue weighted by Gasteiger charge is 2.15. The first-order valence-electron chi connectivity index (χ1n) is 10.1. The van der Waals surface area contributed by atoms with Crippen LogP contribution >= 0.6 is 11.8 Å². The van der Waals surface area contributed by atoms with Gasteiger partial charge in [-0.05, 0) is 48.2 Å². The molecule has 0 bridgehead atoms. The van der Waals surface area contributed by atoms with E-state index >= 15 is 0 Å². The lowest BCUT2D eigenvalue weighted by molar-refractivity contribution is -0.113. The molecule has 0 spiro atoms. The molecule has 1 N–H and O–H groups in total. The van der Waals surface area contributed by atoms with Crippen LogP contribution < -0.4 is 10.2 Å². The lowest BCUT2D eigenvalue weighted by atomic mass is 10.0. The molecule has 1 aromatic heterocycles. The van der Waals surface area contributed by atoms with Crippen molar-refractivity contribution in [1.82, 2.24) is 14.8 Å². The summed E-state index contributed by atoms with van der Waals surface area (Å²) in [7, 11) is 5.95. The van der Waals surface area contributed by atoms with E-state index in [1.807, 2.05) is 43.9 Å². The minimum atomic E-state index is -0.0320. The second kappa shape index (κ2) is 9.80. The van der Waals surface area contributed by atoms with Crippen LogP contribution in [-0.4, -0.2) is 40.5 Å². The lowest BCUT2D eigenvalue weighted by Crippen LogP contribution is -2.17. The fourth-order valence-corrected chi connectivity index (χ4v) is 4.02. The molecule has 0 saturated carbocycles. The summed E-state index contributed by atoms with van der Waals surface area (Å²) in [5, 5.41) is 12.4. The number of aryl methyl sites for hydroxylation is 2. The van der Waals surface area contributed by atoms with Crippen LogP contribution in [-0.2, 0) is 24.7 Å². The summed E-state index contributed by atoms with van der Waals surface area (Å²) < 4.78 is 1.93. The molecule has 0 radical (unpaired) electrons. The number of carbonyl (C=O) groups excluding carboxylic acids is 1. The molecular formula is C23H29N5OS. The van der Waals surface area contributed by atoms with Crippen LogP contribution in [0.25, 0.3) is 11.4 Å². The maximum absolute atomic E-state index is 12.6. The smallest absolute Gasteiger partial charge is 0.234 e. The Balaban J connectivity index is 1.68. The third kappa shape index (κ3) is 4.84. The maximum Gasteiger partial charge on any atom is 0.234 e. The third-order valence-corrected chi connectivity index (χ3v) is 6.09. The van der Waals surface area contributed by atoms with Crippen molar-refractivity contribution in [2.75, 3.05) is 30.1 Å². The average molecular weight is 424 g/mol. The Labute approximate surface area is 182 Å². The Bertz CT molecular complexity index is 989. The molecule has 1 heterocycles. The number of carbonyl (C=O) groups is 1. The van der Waals surface area contributed by atoms with Crippen LogP contribution in [0.5, 0.6) is 0 Å². The number of hydrogen-bond acceptors (Lipinski definition) is 5. The fraction of sp³-hybridized carbons (Fsp3) is 0.348. The van der Waals surface area contributed by atoms with E-state index in [1.54, 1.807) is 0 Å². The topological polar surface area (TPSA) is 63.1 Å². The molecule has 30 heavy (non-hydrogen) atoms. The molecule has 0 aliphatic heterocycles. The summed E-state index contributed by atoms with van der Waals surface area (Å²) in [4.78, 5) is 14.7. The van der Waals surface area contributed by atoms with Crippen molar-refractivity contribution >= 4 is 29.0 Å². The van der Waals surface area contributed by atoms with Crippen LogP contribution in [0.1, 0.15) is 25.0 Å². The summed E-state index contributed by atoms with van der Waals surface area (Å²) in [5.41, 5.74) is 5.40. The second-order valence-corrected chi connectivity index (χ2v) is 8.24. The van der Waals surface area contributed by atoms with Crippen LogP contribution in [0, 0.1) is 0 Å². The van der Waals surface area contributed by atoms with Crippen LogP contribution in [0.2, 0.25) is 0 Å². The van der Waals surface area contributed by atoms with Crippen LogP contribution in [0.3, 0.4) is 0 Å². The Morgan fingerprint density at radius 1 is 1.03 bits per heavy atom. The number of rotatable bonds is 8. The Morgan fingerprint density at radius 3 is 2.23 bits per heavy atom. The zero-order chi connectivity index (χ0) is 21.7. The van der Waals surface area contributed by atoms with Crippen molar-refractivity contribution < 1.29 is 4.79 Å². The monoisotopic (exact) mass is 423 g/mol. The van der Waals surface area contributed by atoms with Gasteiger partial charge in [-0.25, -0.2) is 0 Å². The molecule has 0 atom stereocenters. The number of para-hydroxylation sites is 1. The summed E-state index contributed by atoms with van der Waals surface area (Å²) >= 11 is 1.39. The van der Waals surface area contributed by atoms with Gasteiger partial charge in [-0.15, -0.1) is 10.2 Å². The van der Waals surface area contributed by atoms with E-state index in [4.69, 9.17) is 0 Å². The summed E-state index contributed by atoms with van der Waals surface area (Å²) in [5.74, 6) is 1.04. The highest BCUT2D eigenvalue weighted by molar-refractivity contribution is 7.99. The standard InChI is InChI=1S/C23H29N5OS/c1-6-16-9-8-10-17(7-2)21(16)24-20(29)15-30-23-26-25-22(28(23)5)18-11-13-19(14-12-18)27(3)4/h8-14H,6-7,15H2,1-5H3,(H,24,29). The van der Waals surface area contributed by atoms with Crippen molar-refractivity contribution in [2.45, 2.75) is 31.8 Å².